The number of carbonyl (C=O) groups excluding carboxylic acids is 1. The van der Waals surface area contributed by atoms with Crippen LogP contribution >= 0.6 is 35.3 Å². The van der Waals surface area contributed by atoms with Gasteiger partial charge in [-0.15, -0.1) is 23.7 Å². The van der Waals surface area contributed by atoms with E-state index in [4.69, 9.17) is 26.8 Å². The van der Waals surface area contributed by atoms with E-state index in [-0.39, 0.29) is 37.1 Å². The quantitative estimate of drug-likeness (QED) is 0.701. The van der Waals surface area contributed by atoms with Crippen LogP contribution in [0.4, 0.5) is 0 Å². The molecule has 1 atom stereocenters. The van der Waals surface area contributed by atoms with Crippen molar-refractivity contribution in [2.24, 2.45) is 5.73 Å². The van der Waals surface area contributed by atoms with Crippen LogP contribution in [-0.4, -0.2) is 35.8 Å². The van der Waals surface area contributed by atoms with Crippen molar-refractivity contribution >= 4 is 41.3 Å². The topological polar surface area (TPSA) is 107 Å². The van der Waals surface area contributed by atoms with E-state index < -0.39 is 6.10 Å². The summed E-state index contributed by atoms with van der Waals surface area (Å²) in [4.78, 5) is 16.1. The van der Waals surface area contributed by atoms with Crippen molar-refractivity contribution in [2.45, 2.75) is 12.6 Å². The number of carbonyl (C=O) groups is 1. The lowest BCUT2D eigenvalue weighted by molar-refractivity contribution is 0.0911. The molecule has 0 spiro atoms. The molecule has 0 saturated carbocycles. The van der Waals surface area contributed by atoms with Crippen molar-refractivity contribution < 1.29 is 19.4 Å². The number of halogens is 2. The van der Waals surface area contributed by atoms with Crippen LogP contribution < -0.4 is 20.5 Å². The average molecular weight is 406 g/mol. The van der Waals surface area contributed by atoms with Gasteiger partial charge in [-0.3, -0.25) is 4.79 Å². The number of hydrogen-bond donors (Lipinski definition) is 3. The van der Waals surface area contributed by atoms with Gasteiger partial charge in [-0.2, -0.15) is 0 Å². The molecule has 0 fully saturated rings. The number of thiazole rings is 1. The lowest BCUT2D eigenvalue weighted by Crippen LogP contribution is -2.28. The summed E-state index contributed by atoms with van der Waals surface area (Å²) in [5, 5.41) is 15.6. The molecule has 1 amide bonds. The number of ether oxygens (including phenoxy) is 2. The highest BCUT2D eigenvalue weighted by molar-refractivity contribution is 7.09. The molecule has 2 heterocycles. The van der Waals surface area contributed by atoms with Crippen molar-refractivity contribution in [3.63, 3.8) is 0 Å². The first-order valence-corrected chi connectivity index (χ1v) is 8.54. The van der Waals surface area contributed by atoms with E-state index in [1.165, 1.54) is 11.3 Å². The van der Waals surface area contributed by atoms with Crippen LogP contribution in [0, 0.1) is 0 Å². The zero-order valence-corrected chi connectivity index (χ0v) is 15.4. The van der Waals surface area contributed by atoms with Gasteiger partial charge >= 0.3 is 0 Å². The number of hydrogen-bond acceptors (Lipinski definition) is 7. The minimum atomic E-state index is -0.935. The molecule has 25 heavy (non-hydrogen) atoms. The number of rotatable bonds is 5. The van der Waals surface area contributed by atoms with Gasteiger partial charge < -0.3 is 25.6 Å². The van der Waals surface area contributed by atoms with Gasteiger partial charge in [-0.05, 0) is 17.7 Å². The summed E-state index contributed by atoms with van der Waals surface area (Å²) in [7, 11) is 0. The minimum Gasteiger partial charge on any atom is -0.486 e. The van der Waals surface area contributed by atoms with Crippen molar-refractivity contribution in [2.75, 3.05) is 19.8 Å². The number of aliphatic hydroxyl groups is 1. The highest BCUT2D eigenvalue weighted by atomic mass is 35.5. The molecule has 2 aromatic rings. The second kappa shape index (κ2) is 8.68. The first-order valence-electron chi connectivity index (χ1n) is 7.28. The Kier molecular flexibility index (Phi) is 6.86. The maximum Gasteiger partial charge on any atom is 0.270 e. The second-order valence-electron chi connectivity index (χ2n) is 5.08. The molecule has 136 valence electrons. The Morgan fingerprint density at radius 1 is 1.44 bits per heavy atom. The first-order chi connectivity index (χ1) is 11.6. The number of amides is 1. The summed E-state index contributed by atoms with van der Waals surface area (Å²) < 4.78 is 10.9. The van der Waals surface area contributed by atoms with Gasteiger partial charge in [-0.1, -0.05) is 11.6 Å². The molecule has 0 saturated heterocycles. The Bertz CT molecular complexity index is 756. The Balaban J connectivity index is 0.00000225. The van der Waals surface area contributed by atoms with E-state index in [1.54, 1.807) is 17.5 Å². The molecule has 3 rings (SSSR count). The van der Waals surface area contributed by atoms with Gasteiger partial charge in [0.2, 0.25) is 0 Å². The van der Waals surface area contributed by atoms with Crippen LogP contribution in [0.2, 0.25) is 5.02 Å². The Labute approximate surface area is 159 Å². The Morgan fingerprint density at radius 3 is 2.92 bits per heavy atom. The predicted octanol–water partition coefficient (Wildman–Crippen LogP) is 1.91. The zero-order chi connectivity index (χ0) is 17.1. The van der Waals surface area contributed by atoms with Crippen LogP contribution in [0.15, 0.2) is 17.5 Å². The zero-order valence-electron chi connectivity index (χ0n) is 13.0. The molecular formula is C15H17Cl2N3O4S. The molecule has 10 heteroatoms. The molecule has 1 aromatic carbocycles. The normalized spacial score (nSPS) is 13.7. The van der Waals surface area contributed by atoms with E-state index in [1.807, 2.05) is 0 Å². The molecule has 1 aliphatic heterocycles. The van der Waals surface area contributed by atoms with Crippen LogP contribution in [0.3, 0.4) is 0 Å². The molecule has 1 aliphatic rings. The van der Waals surface area contributed by atoms with Gasteiger partial charge in [0.1, 0.15) is 23.9 Å². The fourth-order valence-electron chi connectivity index (χ4n) is 2.23. The van der Waals surface area contributed by atoms with Crippen molar-refractivity contribution in [3.8, 4) is 11.5 Å². The number of benzene rings is 1. The molecule has 7 nitrogen and oxygen atoms in total. The number of aliphatic hydroxyl groups excluding tert-OH is 1. The van der Waals surface area contributed by atoms with Crippen molar-refractivity contribution in [1.82, 2.24) is 10.3 Å². The largest absolute Gasteiger partial charge is 0.486 e. The van der Waals surface area contributed by atoms with E-state index in [2.05, 4.69) is 10.3 Å². The maximum atomic E-state index is 12.0. The van der Waals surface area contributed by atoms with E-state index in [9.17, 15) is 9.90 Å². The third kappa shape index (κ3) is 4.53. The van der Waals surface area contributed by atoms with E-state index >= 15 is 0 Å². The highest BCUT2D eigenvalue weighted by Gasteiger charge is 2.20. The van der Waals surface area contributed by atoms with Gasteiger partial charge in [-0.25, -0.2) is 4.98 Å². The van der Waals surface area contributed by atoms with Crippen LogP contribution in [-0.2, 0) is 6.54 Å². The van der Waals surface area contributed by atoms with Gasteiger partial charge in [0.05, 0.1) is 11.1 Å². The van der Waals surface area contributed by atoms with Gasteiger partial charge in [0.15, 0.2) is 11.5 Å². The summed E-state index contributed by atoms with van der Waals surface area (Å²) in [6, 6.07) is 3.26. The number of nitrogens with one attached hydrogen (secondary N) is 1. The highest BCUT2D eigenvalue weighted by Crippen LogP contribution is 2.39. The fourth-order valence-corrected chi connectivity index (χ4v) is 3.16. The first kappa shape index (κ1) is 19.7. The van der Waals surface area contributed by atoms with Crippen molar-refractivity contribution in [1.29, 1.82) is 0 Å². The predicted molar refractivity (Wildman–Crippen MR) is 97.0 cm³/mol. The summed E-state index contributed by atoms with van der Waals surface area (Å²) in [6.45, 7) is 1.16. The average Bonchev–Trinajstić information content (AvgIpc) is 3.08. The monoisotopic (exact) mass is 405 g/mol. The third-order valence-electron chi connectivity index (χ3n) is 3.42. The summed E-state index contributed by atoms with van der Waals surface area (Å²) >= 11 is 7.46. The molecule has 0 aliphatic carbocycles. The van der Waals surface area contributed by atoms with E-state index in [0.29, 0.717) is 40.3 Å². The van der Waals surface area contributed by atoms with Gasteiger partial charge in [0, 0.05) is 18.5 Å². The standard InChI is InChI=1S/C15H16ClN3O4S.ClH/c16-9-3-8(4-12-14(9)23-2-1-22-12)11(20)6-18-15(21)10-7-24-13(5-17)19-10;/h3-4,7,11,20H,1-2,5-6,17H2,(H,18,21);1H. The number of nitrogens with two attached hydrogens (primary N) is 1. The SMILES string of the molecule is Cl.NCc1nc(C(=O)NCC(O)c2cc(Cl)c3c(c2)OCCO3)cs1. The second-order valence-corrected chi connectivity index (χ2v) is 6.43. The smallest absolute Gasteiger partial charge is 0.270 e. The number of fused-ring (bicyclic) bond motifs is 1. The fraction of sp³-hybridized carbons (Fsp3) is 0.333. The Morgan fingerprint density at radius 2 is 2.20 bits per heavy atom. The van der Waals surface area contributed by atoms with Crippen LogP contribution in [0.1, 0.15) is 27.2 Å². The van der Waals surface area contributed by atoms with E-state index in [0.717, 1.165) is 0 Å². The molecule has 0 bridgehead atoms. The molecule has 1 aromatic heterocycles. The van der Waals surface area contributed by atoms with Crippen molar-refractivity contribution in [3.05, 3.63) is 38.8 Å². The molecule has 1 unspecified atom stereocenters. The molecular weight excluding hydrogens is 389 g/mol. The maximum absolute atomic E-state index is 12.0. The summed E-state index contributed by atoms with van der Waals surface area (Å²) in [6.07, 6.45) is -0.935. The van der Waals surface area contributed by atoms with Gasteiger partial charge in [0.25, 0.3) is 5.91 Å². The Hall–Kier alpha value is -1.58. The van der Waals surface area contributed by atoms with Crippen LogP contribution in [0.5, 0.6) is 11.5 Å². The number of aromatic nitrogens is 1. The summed E-state index contributed by atoms with van der Waals surface area (Å²) in [5.74, 6) is 0.592. The third-order valence-corrected chi connectivity index (χ3v) is 4.57. The van der Waals surface area contributed by atoms with Crippen LogP contribution in [0.25, 0.3) is 0 Å². The molecule has 4 N–H and O–H groups in total. The lowest BCUT2D eigenvalue weighted by atomic mass is 10.1. The number of nitrogens with zero attached hydrogens (tertiary/aromatic N) is 1. The minimum absolute atomic E-state index is 0. The summed E-state index contributed by atoms with van der Waals surface area (Å²) in [5.41, 5.74) is 6.29. The molecule has 0 radical (unpaired) electrons. The lowest BCUT2D eigenvalue weighted by Gasteiger charge is -2.21.